The molecule has 1 aliphatic heterocycles. The first-order chi connectivity index (χ1) is 7.15. The SMILES string of the molecule is CC(C)CCN1C(=O)COCC1CCN. The number of carbonyl (C=O) groups is 1. The molecular weight excluding hydrogens is 192 g/mol. The van der Waals surface area contributed by atoms with Gasteiger partial charge in [-0.05, 0) is 25.3 Å². The molecule has 0 aliphatic carbocycles. The number of carbonyl (C=O) groups excluding carboxylic acids is 1. The highest BCUT2D eigenvalue weighted by Crippen LogP contribution is 2.13. The van der Waals surface area contributed by atoms with Gasteiger partial charge in [0.25, 0.3) is 0 Å². The third-order valence-electron chi connectivity index (χ3n) is 2.74. The Kier molecular flexibility index (Phi) is 5.05. The summed E-state index contributed by atoms with van der Waals surface area (Å²) < 4.78 is 5.24. The van der Waals surface area contributed by atoms with Gasteiger partial charge in [0, 0.05) is 6.54 Å². The third-order valence-corrected chi connectivity index (χ3v) is 2.74. The molecule has 1 aliphatic rings. The fourth-order valence-corrected chi connectivity index (χ4v) is 1.79. The molecule has 1 saturated heterocycles. The van der Waals surface area contributed by atoms with E-state index in [0.29, 0.717) is 19.1 Å². The fourth-order valence-electron chi connectivity index (χ4n) is 1.79. The van der Waals surface area contributed by atoms with E-state index in [-0.39, 0.29) is 18.6 Å². The zero-order valence-electron chi connectivity index (χ0n) is 9.74. The summed E-state index contributed by atoms with van der Waals surface area (Å²) in [6.45, 7) is 6.66. The van der Waals surface area contributed by atoms with Gasteiger partial charge >= 0.3 is 0 Å². The van der Waals surface area contributed by atoms with Crippen LogP contribution in [0.25, 0.3) is 0 Å². The minimum atomic E-state index is 0.111. The van der Waals surface area contributed by atoms with E-state index < -0.39 is 0 Å². The number of nitrogens with two attached hydrogens (primary N) is 1. The molecule has 1 atom stereocenters. The lowest BCUT2D eigenvalue weighted by molar-refractivity contribution is -0.148. The second-order valence-corrected chi connectivity index (χ2v) is 4.52. The first-order valence-corrected chi connectivity index (χ1v) is 5.72. The molecule has 0 bridgehead atoms. The molecule has 4 heteroatoms. The van der Waals surface area contributed by atoms with Crippen LogP contribution in [0.2, 0.25) is 0 Å². The second kappa shape index (κ2) is 6.08. The average Bonchev–Trinajstić information content (AvgIpc) is 2.17. The van der Waals surface area contributed by atoms with Crippen molar-refractivity contribution in [2.75, 3.05) is 26.3 Å². The van der Waals surface area contributed by atoms with Crippen molar-refractivity contribution in [3.63, 3.8) is 0 Å². The van der Waals surface area contributed by atoms with Crippen molar-refractivity contribution in [3.05, 3.63) is 0 Å². The Morgan fingerprint density at radius 3 is 2.93 bits per heavy atom. The van der Waals surface area contributed by atoms with Crippen LogP contribution in [-0.2, 0) is 9.53 Å². The standard InChI is InChI=1S/C11H22N2O2/c1-9(2)4-6-13-10(3-5-12)7-15-8-11(13)14/h9-10H,3-8,12H2,1-2H3. The maximum absolute atomic E-state index is 11.7. The zero-order valence-corrected chi connectivity index (χ0v) is 9.74. The van der Waals surface area contributed by atoms with E-state index in [4.69, 9.17) is 10.5 Å². The monoisotopic (exact) mass is 214 g/mol. The largest absolute Gasteiger partial charge is 0.369 e. The van der Waals surface area contributed by atoms with Crippen molar-refractivity contribution >= 4 is 5.91 Å². The summed E-state index contributed by atoms with van der Waals surface area (Å²) in [7, 11) is 0. The molecule has 0 saturated carbocycles. The van der Waals surface area contributed by atoms with Crippen molar-refractivity contribution in [1.82, 2.24) is 4.90 Å². The van der Waals surface area contributed by atoms with Gasteiger partial charge in [0.05, 0.1) is 12.6 Å². The van der Waals surface area contributed by atoms with E-state index in [2.05, 4.69) is 13.8 Å². The van der Waals surface area contributed by atoms with Crippen molar-refractivity contribution < 1.29 is 9.53 Å². The number of hydrogen-bond donors (Lipinski definition) is 1. The minimum absolute atomic E-state index is 0.111. The highest BCUT2D eigenvalue weighted by Gasteiger charge is 2.27. The van der Waals surface area contributed by atoms with Gasteiger partial charge < -0.3 is 15.4 Å². The number of morpholine rings is 1. The normalized spacial score (nSPS) is 22.5. The van der Waals surface area contributed by atoms with Gasteiger partial charge in [0.1, 0.15) is 6.61 Å². The number of rotatable bonds is 5. The lowest BCUT2D eigenvalue weighted by Crippen LogP contribution is -2.50. The van der Waals surface area contributed by atoms with Crippen LogP contribution in [0.5, 0.6) is 0 Å². The molecule has 4 nitrogen and oxygen atoms in total. The van der Waals surface area contributed by atoms with Crippen molar-refractivity contribution in [2.45, 2.75) is 32.7 Å². The molecule has 0 radical (unpaired) electrons. The van der Waals surface area contributed by atoms with Gasteiger partial charge in [-0.2, -0.15) is 0 Å². The van der Waals surface area contributed by atoms with E-state index in [1.54, 1.807) is 0 Å². The molecule has 0 aromatic heterocycles. The van der Waals surface area contributed by atoms with Gasteiger partial charge in [-0.3, -0.25) is 4.79 Å². The number of amides is 1. The molecule has 0 aromatic rings. The van der Waals surface area contributed by atoms with Crippen LogP contribution in [0.4, 0.5) is 0 Å². The summed E-state index contributed by atoms with van der Waals surface area (Å²) >= 11 is 0. The van der Waals surface area contributed by atoms with Gasteiger partial charge in [0.15, 0.2) is 0 Å². The second-order valence-electron chi connectivity index (χ2n) is 4.52. The summed E-state index contributed by atoms with van der Waals surface area (Å²) in [5, 5.41) is 0. The van der Waals surface area contributed by atoms with Crippen LogP contribution < -0.4 is 5.73 Å². The number of hydrogen-bond acceptors (Lipinski definition) is 3. The molecule has 1 heterocycles. The van der Waals surface area contributed by atoms with Gasteiger partial charge in [-0.15, -0.1) is 0 Å². The van der Waals surface area contributed by atoms with E-state index in [1.165, 1.54) is 0 Å². The van der Waals surface area contributed by atoms with Gasteiger partial charge in [-0.1, -0.05) is 13.8 Å². The molecular formula is C11H22N2O2. The Bertz CT molecular complexity index is 205. The van der Waals surface area contributed by atoms with Gasteiger partial charge in [0.2, 0.25) is 5.91 Å². The lowest BCUT2D eigenvalue weighted by atomic mass is 10.1. The molecule has 1 amide bonds. The van der Waals surface area contributed by atoms with Crippen LogP contribution in [0, 0.1) is 5.92 Å². The summed E-state index contributed by atoms with van der Waals surface area (Å²) in [6.07, 6.45) is 1.89. The molecule has 0 spiro atoms. The highest BCUT2D eigenvalue weighted by molar-refractivity contribution is 5.78. The summed E-state index contributed by atoms with van der Waals surface area (Å²) in [4.78, 5) is 13.6. The van der Waals surface area contributed by atoms with Gasteiger partial charge in [-0.25, -0.2) is 0 Å². The number of nitrogens with zero attached hydrogens (tertiary/aromatic N) is 1. The molecule has 2 N–H and O–H groups in total. The topological polar surface area (TPSA) is 55.6 Å². The van der Waals surface area contributed by atoms with E-state index >= 15 is 0 Å². The first-order valence-electron chi connectivity index (χ1n) is 5.72. The quantitative estimate of drug-likeness (QED) is 0.729. The van der Waals surface area contributed by atoms with Crippen molar-refractivity contribution in [1.29, 1.82) is 0 Å². The van der Waals surface area contributed by atoms with Crippen LogP contribution in [0.15, 0.2) is 0 Å². The molecule has 1 rings (SSSR count). The lowest BCUT2D eigenvalue weighted by Gasteiger charge is -2.35. The smallest absolute Gasteiger partial charge is 0.248 e. The zero-order chi connectivity index (χ0) is 11.3. The van der Waals surface area contributed by atoms with E-state index in [0.717, 1.165) is 19.4 Å². The molecule has 1 unspecified atom stereocenters. The van der Waals surface area contributed by atoms with Crippen molar-refractivity contribution in [2.24, 2.45) is 11.7 Å². The van der Waals surface area contributed by atoms with Crippen LogP contribution in [0.1, 0.15) is 26.7 Å². The number of ether oxygens (including phenoxy) is 1. The Labute approximate surface area is 91.8 Å². The molecule has 1 fully saturated rings. The van der Waals surface area contributed by atoms with Crippen LogP contribution >= 0.6 is 0 Å². The Morgan fingerprint density at radius 2 is 2.33 bits per heavy atom. The molecule has 15 heavy (non-hydrogen) atoms. The van der Waals surface area contributed by atoms with E-state index in [9.17, 15) is 4.79 Å². The molecule has 88 valence electrons. The Morgan fingerprint density at radius 1 is 1.60 bits per heavy atom. The minimum Gasteiger partial charge on any atom is -0.369 e. The summed E-state index contributed by atoms with van der Waals surface area (Å²) in [6, 6.07) is 0.190. The Balaban J connectivity index is 2.48. The fraction of sp³-hybridized carbons (Fsp3) is 0.909. The molecule has 0 aromatic carbocycles. The van der Waals surface area contributed by atoms with Crippen LogP contribution in [0.3, 0.4) is 0 Å². The Hall–Kier alpha value is -0.610. The predicted molar refractivity (Wildman–Crippen MR) is 59.4 cm³/mol. The summed E-state index contributed by atoms with van der Waals surface area (Å²) in [5.41, 5.74) is 5.53. The summed E-state index contributed by atoms with van der Waals surface area (Å²) in [5.74, 6) is 0.736. The van der Waals surface area contributed by atoms with Crippen molar-refractivity contribution in [3.8, 4) is 0 Å². The predicted octanol–water partition coefficient (Wildman–Crippen LogP) is 0.609. The third kappa shape index (κ3) is 3.80. The highest BCUT2D eigenvalue weighted by atomic mass is 16.5. The van der Waals surface area contributed by atoms with Crippen LogP contribution in [-0.4, -0.2) is 43.2 Å². The maximum Gasteiger partial charge on any atom is 0.248 e. The maximum atomic E-state index is 11.7. The van der Waals surface area contributed by atoms with E-state index in [1.807, 2.05) is 4.90 Å². The average molecular weight is 214 g/mol. The first kappa shape index (κ1) is 12.5.